The maximum atomic E-state index is 4.69. The van der Waals surface area contributed by atoms with Crippen LogP contribution in [0.4, 0.5) is 0 Å². The molecular weight excluding hydrogens is 266 g/mol. The van der Waals surface area contributed by atoms with E-state index in [2.05, 4.69) is 29.9 Å². The minimum Gasteiger partial charge on any atom is -0.242 e. The Labute approximate surface area is 122 Å². The van der Waals surface area contributed by atoms with Crippen LogP contribution in [-0.4, -0.2) is 15.0 Å². The quantitative estimate of drug-likeness (QED) is 0.659. The predicted molar refractivity (Wildman–Crippen MR) is 83.4 cm³/mol. The van der Waals surface area contributed by atoms with Gasteiger partial charge in [-0.05, 0) is 38.3 Å². The van der Waals surface area contributed by atoms with Gasteiger partial charge < -0.3 is 0 Å². The maximum Gasteiger partial charge on any atom is 0.126 e. The van der Waals surface area contributed by atoms with Crippen molar-refractivity contribution in [1.82, 2.24) is 15.0 Å². The molecule has 3 aromatic rings. The van der Waals surface area contributed by atoms with E-state index in [4.69, 9.17) is 4.98 Å². The van der Waals surface area contributed by atoms with Crippen molar-refractivity contribution in [1.29, 1.82) is 0 Å². The molecule has 0 unspecified atom stereocenters. The molecule has 20 heavy (non-hydrogen) atoms. The summed E-state index contributed by atoms with van der Waals surface area (Å²) in [6.45, 7) is 4.21. The summed E-state index contributed by atoms with van der Waals surface area (Å²) in [6.07, 6.45) is 6.94. The Bertz CT molecular complexity index is 800. The van der Waals surface area contributed by atoms with Crippen LogP contribution in [0.5, 0.6) is 0 Å². The van der Waals surface area contributed by atoms with Crippen LogP contribution in [0, 0.1) is 13.8 Å². The monoisotopic (exact) mass is 283 g/mol. The third kappa shape index (κ3) is 1.74. The molecule has 3 nitrogen and oxygen atoms in total. The molecular formula is C16H17N3S. The lowest BCUT2D eigenvalue weighted by molar-refractivity contribution is 0.704. The van der Waals surface area contributed by atoms with Crippen LogP contribution in [0.15, 0.2) is 12.4 Å². The fourth-order valence-corrected chi connectivity index (χ4v) is 4.74. The van der Waals surface area contributed by atoms with Crippen LogP contribution in [-0.2, 0) is 0 Å². The second-order valence-electron chi connectivity index (χ2n) is 5.78. The van der Waals surface area contributed by atoms with E-state index in [0.717, 1.165) is 16.0 Å². The Hall–Kier alpha value is -1.55. The molecule has 0 radical (unpaired) electrons. The van der Waals surface area contributed by atoms with Crippen molar-refractivity contribution in [2.24, 2.45) is 0 Å². The Morgan fingerprint density at radius 3 is 2.75 bits per heavy atom. The van der Waals surface area contributed by atoms with Gasteiger partial charge in [0.05, 0.1) is 15.9 Å². The summed E-state index contributed by atoms with van der Waals surface area (Å²) in [7, 11) is 0. The second kappa shape index (κ2) is 4.48. The van der Waals surface area contributed by atoms with E-state index in [9.17, 15) is 0 Å². The maximum absolute atomic E-state index is 4.69. The molecule has 1 fully saturated rings. The smallest absolute Gasteiger partial charge is 0.126 e. The van der Waals surface area contributed by atoms with Crippen molar-refractivity contribution in [2.45, 2.75) is 45.4 Å². The lowest BCUT2D eigenvalue weighted by Crippen LogP contribution is -1.97. The fraction of sp³-hybridized carbons (Fsp3) is 0.438. The zero-order valence-electron chi connectivity index (χ0n) is 11.8. The predicted octanol–water partition coefficient (Wildman–Crippen LogP) is 4.51. The highest BCUT2D eigenvalue weighted by atomic mass is 32.1. The summed E-state index contributed by atoms with van der Waals surface area (Å²) >= 11 is 1.77. The number of rotatable bonds is 1. The summed E-state index contributed by atoms with van der Waals surface area (Å²) < 4.78 is 1.26. The third-order valence-electron chi connectivity index (χ3n) is 4.32. The van der Waals surface area contributed by atoms with Crippen molar-refractivity contribution < 1.29 is 0 Å². The van der Waals surface area contributed by atoms with E-state index in [0.29, 0.717) is 5.92 Å². The number of aryl methyl sites for hydroxylation is 2. The second-order valence-corrected chi connectivity index (χ2v) is 6.78. The van der Waals surface area contributed by atoms with Gasteiger partial charge in [0, 0.05) is 17.0 Å². The van der Waals surface area contributed by atoms with Gasteiger partial charge in [0.25, 0.3) is 0 Å². The lowest BCUT2D eigenvalue weighted by atomic mass is 10.0. The first-order valence-corrected chi connectivity index (χ1v) is 8.07. The Kier molecular flexibility index (Phi) is 2.74. The Morgan fingerprint density at radius 2 is 1.95 bits per heavy atom. The number of nitrogens with zero attached hydrogens (tertiary/aromatic N) is 3. The number of hydrogen-bond acceptors (Lipinski definition) is 4. The molecule has 0 spiro atoms. The topological polar surface area (TPSA) is 38.7 Å². The summed E-state index contributed by atoms with van der Waals surface area (Å²) in [6, 6.07) is 2.14. The molecule has 102 valence electrons. The zero-order chi connectivity index (χ0) is 13.7. The lowest BCUT2D eigenvalue weighted by Gasteiger charge is -2.08. The molecule has 3 heterocycles. The van der Waals surface area contributed by atoms with Crippen molar-refractivity contribution >= 4 is 31.8 Å². The molecule has 1 aliphatic rings. The van der Waals surface area contributed by atoms with Crippen molar-refractivity contribution in [3.63, 3.8) is 0 Å². The van der Waals surface area contributed by atoms with Gasteiger partial charge >= 0.3 is 0 Å². The molecule has 1 aliphatic carbocycles. The Morgan fingerprint density at radius 1 is 1.15 bits per heavy atom. The highest BCUT2D eigenvalue weighted by molar-refractivity contribution is 7.25. The number of fused-ring (bicyclic) bond motifs is 3. The van der Waals surface area contributed by atoms with E-state index in [1.54, 1.807) is 17.7 Å². The van der Waals surface area contributed by atoms with Crippen LogP contribution in [0.25, 0.3) is 20.4 Å². The van der Waals surface area contributed by atoms with Gasteiger partial charge in [0.1, 0.15) is 11.2 Å². The molecule has 0 atom stereocenters. The standard InChI is InChI=1S/C16H17N3S/c1-9-7-10(2)19-16-12(9)14-15(20-16)13(17-8-18-14)11-5-3-4-6-11/h7-8,11H,3-6H2,1-2H3. The first-order chi connectivity index (χ1) is 9.74. The third-order valence-corrected chi connectivity index (χ3v) is 5.42. The summed E-state index contributed by atoms with van der Waals surface area (Å²) in [5.74, 6) is 0.620. The minimum atomic E-state index is 0.620. The van der Waals surface area contributed by atoms with Crippen LogP contribution < -0.4 is 0 Å². The highest BCUT2D eigenvalue weighted by Gasteiger charge is 2.23. The van der Waals surface area contributed by atoms with Gasteiger partial charge in [-0.25, -0.2) is 15.0 Å². The summed E-state index contributed by atoms with van der Waals surface area (Å²) in [4.78, 5) is 15.0. The van der Waals surface area contributed by atoms with Gasteiger partial charge in [0.2, 0.25) is 0 Å². The molecule has 0 aromatic carbocycles. The zero-order valence-corrected chi connectivity index (χ0v) is 12.6. The number of hydrogen-bond donors (Lipinski definition) is 0. The summed E-state index contributed by atoms with van der Waals surface area (Å²) in [5, 5.41) is 1.22. The van der Waals surface area contributed by atoms with Crippen molar-refractivity contribution in [3.8, 4) is 0 Å². The molecule has 0 bridgehead atoms. The van der Waals surface area contributed by atoms with E-state index in [1.165, 1.54) is 47.0 Å². The number of aromatic nitrogens is 3. The van der Waals surface area contributed by atoms with Gasteiger partial charge in [-0.15, -0.1) is 11.3 Å². The Balaban J connectivity index is 2.06. The molecule has 0 aliphatic heterocycles. The molecule has 3 aromatic heterocycles. The molecule has 4 rings (SSSR count). The SMILES string of the molecule is Cc1cc(C)c2c(n1)sc1c(C3CCCC3)ncnc12. The van der Waals surface area contributed by atoms with Crippen LogP contribution in [0.1, 0.15) is 48.6 Å². The first kappa shape index (κ1) is 12.2. The first-order valence-electron chi connectivity index (χ1n) is 7.25. The van der Waals surface area contributed by atoms with Crippen LogP contribution in [0.2, 0.25) is 0 Å². The van der Waals surface area contributed by atoms with Gasteiger partial charge in [-0.2, -0.15) is 0 Å². The van der Waals surface area contributed by atoms with Crippen molar-refractivity contribution in [3.05, 3.63) is 29.3 Å². The molecule has 1 saturated carbocycles. The highest BCUT2D eigenvalue weighted by Crippen LogP contribution is 2.41. The molecule has 0 saturated heterocycles. The van der Waals surface area contributed by atoms with Crippen molar-refractivity contribution in [2.75, 3.05) is 0 Å². The minimum absolute atomic E-state index is 0.620. The number of pyridine rings is 1. The normalized spacial score (nSPS) is 16.5. The van der Waals surface area contributed by atoms with Crippen LogP contribution in [0.3, 0.4) is 0 Å². The van der Waals surface area contributed by atoms with Gasteiger partial charge in [-0.3, -0.25) is 0 Å². The van der Waals surface area contributed by atoms with Crippen LogP contribution >= 0.6 is 11.3 Å². The average Bonchev–Trinajstić information content (AvgIpc) is 3.04. The van der Waals surface area contributed by atoms with Gasteiger partial charge in [-0.1, -0.05) is 12.8 Å². The molecule has 0 amide bonds. The largest absolute Gasteiger partial charge is 0.242 e. The molecule has 4 heteroatoms. The fourth-order valence-electron chi connectivity index (χ4n) is 3.42. The molecule has 0 N–H and O–H groups in total. The van der Waals surface area contributed by atoms with E-state index >= 15 is 0 Å². The van der Waals surface area contributed by atoms with E-state index in [1.807, 2.05) is 0 Å². The number of thiophene rings is 1. The van der Waals surface area contributed by atoms with E-state index in [-0.39, 0.29) is 0 Å². The average molecular weight is 283 g/mol. The van der Waals surface area contributed by atoms with E-state index < -0.39 is 0 Å². The summed E-state index contributed by atoms with van der Waals surface area (Å²) in [5.41, 5.74) is 4.71. The van der Waals surface area contributed by atoms with Gasteiger partial charge in [0.15, 0.2) is 0 Å².